The second kappa shape index (κ2) is 9.42. The lowest BCUT2D eigenvalue weighted by atomic mass is 9.88. The third-order valence-electron chi connectivity index (χ3n) is 4.24. The monoisotopic (exact) mass is 328 g/mol. The van der Waals surface area contributed by atoms with E-state index in [1.807, 2.05) is 55.6 Å². The molecule has 0 radical (unpaired) electrons. The van der Waals surface area contributed by atoms with Crippen LogP contribution >= 0.6 is 0 Å². The zero-order valence-corrected chi connectivity index (χ0v) is 14.5. The zero-order chi connectivity index (χ0) is 17.4. The minimum absolute atomic E-state index is 0.146. The van der Waals surface area contributed by atoms with Gasteiger partial charge in [-0.05, 0) is 42.6 Å². The highest BCUT2D eigenvalue weighted by molar-refractivity contribution is 5.29. The van der Waals surface area contributed by atoms with Gasteiger partial charge in [0, 0.05) is 12.6 Å². The molecule has 0 amide bonds. The zero-order valence-electron chi connectivity index (χ0n) is 14.5. The predicted molar refractivity (Wildman–Crippen MR) is 98.1 cm³/mol. The van der Waals surface area contributed by atoms with E-state index in [-0.39, 0.29) is 12.0 Å². The van der Waals surface area contributed by atoms with Crippen LogP contribution in [0.2, 0.25) is 0 Å². The van der Waals surface area contributed by atoms with Gasteiger partial charge in [0.25, 0.3) is 0 Å². The normalized spacial score (nSPS) is 14.8. The van der Waals surface area contributed by atoms with Crippen molar-refractivity contribution in [3.8, 4) is 5.75 Å². The summed E-state index contributed by atoms with van der Waals surface area (Å²) in [6.45, 7) is 3.53. The molecule has 0 spiro atoms. The van der Waals surface area contributed by atoms with Gasteiger partial charge >= 0.3 is 0 Å². The Morgan fingerprint density at radius 1 is 1.12 bits per heavy atom. The van der Waals surface area contributed by atoms with Crippen LogP contribution in [-0.2, 0) is 6.42 Å². The molecule has 130 valence electrons. The summed E-state index contributed by atoms with van der Waals surface area (Å²) in [5.41, 5.74) is 8.32. The van der Waals surface area contributed by atoms with Crippen LogP contribution in [0.1, 0.15) is 24.2 Å². The first-order valence-corrected chi connectivity index (χ1v) is 8.46. The van der Waals surface area contributed by atoms with Gasteiger partial charge in [-0.1, -0.05) is 49.4 Å². The van der Waals surface area contributed by atoms with Gasteiger partial charge in [0.2, 0.25) is 0 Å². The summed E-state index contributed by atoms with van der Waals surface area (Å²) in [7, 11) is 1.90. The number of ether oxygens (including phenoxy) is 1. The summed E-state index contributed by atoms with van der Waals surface area (Å²) in [4.78, 5) is 0. The molecule has 1 unspecified atom stereocenters. The number of aliphatic hydroxyl groups excluding tert-OH is 1. The van der Waals surface area contributed by atoms with Gasteiger partial charge < -0.3 is 20.9 Å². The van der Waals surface area contributed by atoms with Crippen LogP contribution < -0.4 is 15.8 Å². The van der Waals surface area contributed by atoms with Gasteiger partial charge in [-0.2, -0.15) is 0 Å². The molecule has 0 bridgehead atoms. The first-order valence-electron chi connectivity index (χ1n) is 8.46. The molecule has 0 aromatic heterocycles. The number of hydrogen-bond acceptors (Lipinski definition) is 4. The molecular weight excluding hydrogens is 300 g/mol. The molecule has 0 aliphatic heterocycles. The van der Waals surface area contributed by atoms with E-state index in [0.717, 1.165) is 24.3 Å². The Morgan fingerprint density at radius 3 is 2.58 bits per heavy atom. The van der Waals surface area contributed by atoms with Gasteiger partial charge in [-0.3, -0.25) is 0 Å². The second-order valence-corrected chi connectivity index (χ2v) is 6.21. The summed E-state index contributed by atoms with van der Waals surface area (Å²) in [5, 5.41) is 13.5. The Balaban J connectivity index is 1.95. The summed E-state index contributed by atoms with van der Waals surface area (Å²) >= 11 is 0. The van der Waals surface area contributed by atoms with Crippen LogP contribution in [0.3, 0.4) is 0 Å². The molecule has 0 aliphatic carbocycles. The van der Waals surface area contributed by atoms with E-state index < -0.39 is 6.10 Å². The van der Waals surface area contributed by atoms with Crippen molar-refractivity contribution in [3.63, 3.8) is 0 Å². The fourth-order valence-corrected chi connectivity index (χ4v) is 2.72. The highest BCUT2D eigenvalue weighted by Gasteiger charge is 2.23. The predicted octanol–water partition coefficient (Wildman–Crippen LogP) is 2.52. The molecule has 0 aliphatic rings. The van der Waals surface area contributed by atoms with Crippen molar-refractivity contribution in [1.29, 1.82) is 0 Å². The van der Waals surface area contributed by atoms with Crippen LogP contribution in [-0.4, -0.2) is 31.3 Å². The second-order valence-electron chi connectivity index (χ2n) is 6.21. The lowest BCUT2D eigenvalue weighted by Gasteiger charge is -2.25. The molecular formula is C20H28N2O2. The van der Waals surface area contributed by atoms with E-state index in [9.17, 15) is 5.11 Å². The van der Waals surface area contributed by atoms with Gasteiger partial charge in [-0.15, -0.1) is 0 Å². The largest absolute Gasteiger partial charge is 0.492 e. The van der Waals surface area contributed by atoms with Crippen LogP contribution in [0, 0.1) is 5.92 Å². The van der Waals surface area contributed by atoms with E-state index >= 15 is 0 Å². The summed E-state index contributed by atoms with van der Waals surface area (Å²) < 4.78 is 5.70. The quantitative estimate of drug-likeness (QED) is 0.619. The lowest BCUT2D eigenvalue weighted by Crippen LogP contribution is -2.36. The van der Waals surface area contributed by atoms with E-state index in [1.165, 1.54) is 5.56 Å². The number of nitrogens with one attached hydrogen (secondary N) is 1. The molecule has 0 saturated carbocycles. The first kappa shape index (κ1) is 18.5. The topological polar surface area (TPSA) is 67.5 Å². The Bertz CT molecular complexity index is 604. The fraction of sp³-hybridized carbons (Fsp3) is 0.400. The van der Waals surface area contributed by atoms with Gasteiger partial charge in [0.15, 0.2) is 0 Å². The maximum Gasteiger partial charge on any atom is 0.119 e. The van der Waals surface area contributed by atoms with Crippen molar-refractivity contribution in [2.24, 2.45) is 11.7 Å². The number of likely N-dealkylation sites (N-methyl/N-ethyl adjacent to an activating group) is 1. The molecule has 2 aromatic carbocycles. The highest BCUT2D eigenvalue weighted by Crippen LogP contribution is 2.24. The van der Waals surface area contributed by atoms with Crippen LogP contribution in [0.15, 0.2) is 54.6 Å². The smallest absolute Gasteiger partial charge is 0.119 e. The van der Waals surface area contributed by atoms with Crippen LogP contribution in [0.5, 0.6) is 5.75 Å². The molecule has 0 heterocycles. The Kier molecular flexibility index (Phi) is 7.25. The van der Waals surface area contributed by atoms with Crippen molar-refractivity contribution in [1.82, 2.24) is 5.32 Å². The number of aliphatic hydroxyl groups is 1. The van der Waals surface area contributed by atoms with Gasteiger partial charge in [0.05, 0.1) is 6.10 Å². The third kappa shape index (κ3) is 5.34. The SMILES string of the molecule is CNCCOc1cccc(CC(C)[C@@H](N)[C@H](O)c2ccccc2)c1. The van der Waals surface area contributed by atoms with Crippen molar-refractivity contribution < 1.29 is 9.84 Å². The van der Waals surface area contributed by atoms with Crippen molar-refractivity contribution in [3.05, 3.63) is 65.7 Å². The number of benzene rings is 2. The van der Waals surface area contributed by atoms with Gasteiger partial charge in [0.1, 0.15) is 12.4 Å². The Labute approximate surface area is 144 Å². The molecule has 0 fully saturated rings. The van der Waals surface area contributed by atoms with E-state index in [1.54, 1.807) is 0 Å². The van der Waals surface area contributed by atoms with Gasteiger partial charge in [-0.25, -0.2) is 0 Å². The van der Waals surface area contributed by atoms with Crippen LogP contribution in [0.25, 0.3) is 0 Å². The molecule has 2 aromatic rings. The fourth-order valence-electron chi connectivity index (χ4n) is 2.72. The van der Waals surface area contributed by atoms with Crippen molar-refractivity contribution in [2.45, 2.75) is 25.5 Å². The Morgan fingerprint density at radius 2 is 1.88 bits per heavy atom. The standard InChI is InChI=1S/C20H28N2O2/c1-15(19(21)20(23)17-8-4-3-5-9-17)13-16-7-6-10-18(14-16)24-12-11-22-2/h3-10,14-15,19-20,22-23H,11-13,21H2,1-2H3/t15?,19-,20-/m1/s1. The summed E-state index contributed by atoms with van der Waals surface area (Å²) in [5.74, 6) is 1.01. The third-order valence-corrected chi connectivity index (χ3v) is 4.24. The van der Waals surface area contributed by atoms with Crippen molar-refractivity contribution in [2.75, 3.05) is 20.2 Å². The summed E-state index contributed by atoms with van der Waals surface area (Å²) in [6.07, 6.45) is 0.144. The average Bonchev–Trinajstić information content (AvgIpc) is 2.62. The van der Waals surface area contributed by atoms with Crippen LogP contribution in [0.4, 0.5) is 0 Å². The molecule has 0 saturated heterocycles. The molecule has 24 heavy (non-hydrogen) atoms. The minimum Gasteiger partial charge on any atom is -0.492 e. The molecule has 4 nitrogen and oxygen atoms in total. The molecule has 4 N–H and O–H groups in total. The summed E-state index contributed by atoms with van der Waals surface area (Å²) in [6, 6.07) is 17.4. The van der Waals surface area contributed by atoms with Crippen molar-refractivity contribution >= 4 is 0 Å². The van der Waals surface area contributed by atoms with E-state index in [0.29, 0.717) is 6.61 Å². The molecule has 4 heteroatoms. The van der Waals surface area contributed by atoms with E-state index in [4.69, 9.17) is 10.5 Å². The first-order chi connectivity index (χ1) is 11.6. The number of rotatable bonds is 9. The highest BCUT2D eigenvalue weighted by atomic mass is 16.5. The molecule has 2 rings (SSSR count). The maximum absolute atomic E-state index is 10.5. The Hall–Kier alpha value is -1.88. The maximum atomic E-state index is 10.5. The minimum atomic E-state index is -0.656. The van der Waals surface area contributed by atoms with E-state index in [2.05, 4.69) is 18.3 Å². The average molecular weight is 328 g/mol. The molecule has 3 atom stereocenters. The number of nitrogens with two attached hydrogens (primary N) is 1. The number of hydrogen-bond donors (Lipinski definition) is 3. The lowest BCUT2D eigenvalue weighted by molar-refractivity contribution is 0.121.